The van der Waals surface area contributed by atoms with Gasteiger partial charge in [0.15, 0.2) is 5.82 Å². The van der Waals surface area contributed by atoms with E-state index in [2.05, 4.69) is 36.3 Å². The lowest BCUT2D eigenvalue weighted by Crippen LogP contribution is -2.21. The molecule has 7 heteroatoms. The largest absolute Gasteiger partial charge is 0.333 e. The highest BCUT2D eigenvalue weighted by molar-refractivity contribution is 7.07. The summed E-state index contributed by atoms with van der Waals surface area (Å²) in [6.45, 7) is 3.21. The van der Waals surface area contributed by atoms with Gasteiger partial charge in [-0.2, -0.15) is 0 Å². The first-order valence-electron chi connectivity index (χ1n) is 8.16. The molecule has 0 aromatic carbocycles. The first-order chi connectivity index (χ1) is 11.8. The molecule has 3 aromatic rings. The van der Waals surface area contributed by atoms with Crippen molar-refractivity contribution in [2.24, 2.45) is 13.0 Å². The Morgan fingerprint density at radius 3 is 2.96 bits per heavy atom. The molecular formula is C17H20N6S. The predicted molar refractivity (Wildman–Crippen MR) is 93.4 cm³/mol. The SMILES string of the molecule is Cn1ccnc1-c1cc(C[C@@H]2CCN(Cc3cscn3)C2)ncn1. The van der Waals surface area contributed by atoms with Gasteiger partial charge in [-0.1, -0.05) is 0 Å². The van der Waals surface area contributed by atoms with Crippen molar-refractivity contribution in [2.45, 2.75) is 19.4 Å². The number of aryl methyl sites for hydroxylation is 1. The van der Waals surface area contributed by atoms with E-state index in [0.29, 0.717) is 5.92 Å². The summed E-state index contributed by atoms with van der Waals surface area (Å²) in [5.41, 5.74) is 5.08. The third kappa shape index (κ3) is 3.37. The van der Waals surface area contributed by atoms with E-state index in [-0.39, 0.29) is 0 Å². The van der Waals surface area contributed by atoms with Crippen LogP contribution in [0.1, 0.15) is 17.8 Å². The van der Waals surface area contributed by atoms with Crippen LogP contribution in [0.2, 0.25) is 0 Å². The molecule has 0 bridgehead atoms. The van der Waals surface area contributed by atoms with Crippen molar-refractivity contribution < 1.29 is 0 Å². The van der Waals surface area contributed by atoms with Gasteiger partial charge in [-0.05, 0) is 31.4 Å². The predicted octanol–water partition coefficient (Wildman–Crippen LogP) is 2.40. The number of hydrogen-bond donors (Lipinski definition) is 0. The lowest BCUT2D eigenvalue weighted by Gasteiger charge is -2.14. The molecule has 0 spiro atoms. The number of thiazole rings is 1. The minimum Gasteiger partial charge on any atom is -0.333 e. The highest BCUT2D eigenvalue weighted by atomic mass is 32.1. The molecule has 0 aliphatic carbocycles. The van der Waals surface area contributed by atoms with Crippen molar-refractivity contribution in [3.05, 3.63) is 47.1 Å². The third-order valence-corrected chi connectivity index (χ3v) is 5.15. The molecule has 1 fully saturated rings. The molecule has 4 rings (SSSR count). The van der Waals surface area contributed by atoms with Crippen molar-refractivity contribution in [3.8, 4) is 11.5 Å². The number of hydrogen-bond acceptors (Lipinski definition) is 6. The first kappa shape index (κ1) is 15.4. The summed E-state index contributed by atoms with van der Waals surface area (Å²) in [5, 5.41) is 2.14. The molecule has 3 aromatic heterocycles. The second kappa shape index (κ2) is 6.78. The topological polar surface area (TPSA) is 59.7 Å². The van der Waals surface area contributed by atoms with Crippen LogP contribution in [0.15, 0.2) is 35.7 Å². The van der Waals surface area contributed by atoms with Gasteiger partial charge in [0, 0.05) is 43.6 Å². The van der Waals surface area contributed by atoms with Crippen molar-refractivity contribution in [3.63, 3.8) is 0 Å². The normalized spacial score (nSPS) is 18.3. The van der Waals surface area contributed by atoms with Crippen molar-refractivity contribution in [2.75, 3.05) is 13.1 Å². The van der Waals surface area contributed by atoms with Crippen LogP contribution in [0.4, 0.5) is 0 Å². The summed E-state index contributed by atoms with van der Waals surface area (Å²) in [5.74, 6) is 1.53. The van der Waals surface area contributed by atoms with E-state index in [4.69, 9.17) is 0 Å². The highest BCUT2D eigenvalue weighted by Crippen LogP contribution is 2.23. The first-order valence-corrected chi connectivity index (χ1v) is 9.10. The monoisotopic (exact) mass is 340 g/mol. The molecule has 0 N–H and O–H groups in total. The van der Waals surface area contributed by atoms with Crippen molar-refractivity contribution >= 4 is 11.3 Å². The summed E-state index contributed by atoms with van der Waals surface area (Å²) < 4.78 is 1.98. The zero-order valence-corrected chi connectivity index (χ0v) is 14.5. The maximum Gasteiger partial charge on any atom is 0.158 e. The van der Waals surface area contributed by atoms with E-state index < -0.39 is 0 Å². The number of likely N-dealkylation sites (tertiary alicyclic amines) is 1. The van der Waals surface area contributed by atoms with Crippen molar-refractivity contribution in [1.82, 2.24) is 29.4 Å². The molecule has 0 amide bonds. The van der Waals surface area contributed by atoms with Gasteiger partial charge in [0.25, 0.3) is 0 Å². The van der Waals surface area contributed by atoms with E-state index in [1.54, 1.807) is 23.9 Å². The molecule has 1 saturated heterocycles. The van der Waals surface area contributed by atoms with Crippen LogP contribution in [-0.4, -0.2) is 42.5 Å². The van der Waals surface area contributed by atoms with E-state index in [1.807, 2.05) is 23.3 Å². The molecule has 1 atom stereocenters. The standard InChI is InChI=1S/C17H20N6S/c1-22-5-3-18-17(22)16-7-14(19-11-20-16)6-13-2-4-23(8-13)9-15-10-24-12-21-15/h3,5,7,10-13H,2,4,6,8-9H2,1H3/t13-/m0/s1. The number of aromatic nitrogens is 5. The van der Waals surface area contributed by atoms with Crippen LogP contribution in [-0.2, 0) is 20.0 Å². The Kier molecular flexibility index (Phi) is 4.36. The fourth-order valence-corrected chi connectivity index (χ4v) is 3.86. The minimum absolute atomic E-state index is 0.646. The van der Waals surface area contributed by atoms with Crippen LogP contribution in [0, 0.1) is 5.92 Å². The summed E-state index contributed by atoms with van der Waals surface area (Å²) in [6, 6.07) is 2.07. The smallest absolute Gasteiger partial charge is 0.158 e. The summed E-state index contributed by atoms with van der Waals surface area (Å²) in [7, 11) is 1.98. The fourth-order valence-electron chi connectivity index (χ4n) is 3.31. The maximum atomic E-state index is 4.47. The quantitative estimate of drug-likeness (QED) is 0.714. The van der Waals surface area contributed by atoms with E-state index in [9.17, 15) is 0 Å². The molecule has 4 heterocycles. The van der Waals surface area contributed by atoms with Gasteiger partial charge in [-0.25, -0.2) is 19.9 Å². The summed E-state index contributed by atoms with van der Waals surface area (Å²) >= 11 is 1.67. The highest BCUT2D eigenvalue weighted by Gasteiger charge is 2.23. The molecule has 0 radical (unpaired) electrons. The zero-order valence-electron chi connectivity index (χ0n) is 13.7. The van der Waals surface area contributed by atoms with Gasteiger partial charge in [0.05, 0.1) is 11.2 Å². The molecule has 0 unspecified atom stereocenters. The second-order valence-electron chi connectivity index (χ2n) is 6.33. The Morgan fingerprint density at radius 1 is 1.21 bits per heavy atom. The van der Waals surface area contributed by atoms with E-state index >= 15 is 0 Å². The van der Waals surface area contributed by atoms with Gasteiger partial charge in [-0.15, -0.1) is 11.3 Å². The Hall–Kier alpha value is -2.12. The van der Waals surface area contributed by atoms with Crippen LogP contribution in [0.3, 0.4) is 0 Å². The minimum atomic E-state index is 0.646. The van der Waals surface area contributed by atoms with Gasteiger partial charge in [-0.3, -0.25) is 4.90 Å². The molecule has 24 heavy (non-hydrogen) atoms. The Labute approximate surface area is 145 Å². The molecule has 6 nitrogen and oxygen atoms in total. The van der Waals surface area contributed by atoms with Gasteiger partial charge in [0.1, 0.15) is 12.0 Å². The average molecular weight is 340 g/mol. The van der Waals surface area contributed by atoms with E-state index in [1.165, 1.54) is 12.1 Å². The average Bonchev–Trinajstić information content (AvgIpc) is 3.31. The third-order valence-electron chi connectivity index (χ3n) is 4.51. The van der Waals surface area contributed by atoms with Crippen LogP contribution < -0.4 is 0 Å². The van der Waals surface area contributed by atoms with E-state index in [0.717, 1.165) is 43.3 Å². The Balaban J connectivity index is 1.40. The second-order valence-corrected chi connectivity index (χ2v) is 7.05. The van der Waals surface area contributed by atoms with Crippen LogP contribution in [0.25, 0.3) is 11.5 Å². The number of imidazole rings is 1. The molecule has 0 saturated carbocycles. The van der Waals surface area contributed by atoms with Crippen LogP contribution in [0.5, 0.6) is 0 Å². The van der Waals surface area contributed by atoms with Gasteiger partial charge < -0.3 is 4.57 Å². The lowest BCUT2D eigenvalue weighted by atomic mass is 10.0. The number of rotatable bonds is 5. The molecular weight excluding hydrogens is 320 g/mol. The molecule has 1 aliphatic heterocycles. The Bertz CT molecular complexity index is 797. The fraction of sp³-hybridized carbons (Fsp3) is 0.412. The molecule has 124 valence electrons. The lowest BCUT2D eigenvalue weighted by molar-refractivity contribution is 0.313. The molecule has 1 aliphatic rings. The summed E-state index contributed by atoms with van der Waals surface area (Å²) in [4.78, 5) is 20.1. The van der Waals surface area contributed by atoms with Crippen molar-refractivity contribution in [1.29, 1.82) is 0 Å². The number of nitrogens with zero attached hydrogens (tertiary/aromatic N) is 6. The van der Waals surface area contributed by atoms with Gasteiger partial charge in [0.2, 0.25) is 0 Å². The van der Waals surface area contributed by atoms with Crippen LogP contribution >= 0.6 is 11.3 Å². The summed E-state index contributed by atoms with van der Waals surface area (Å²) in [6.07, 6.45) is 7.59. The maximum absolute atomic E-state index is 4.47. The van der Waals surface area contributed by atoms with Gasteiger partial charge >= 0.3 is 0 Å². The Morgan fingerprint density at radius 2 is 2.17 bits per heavy atom. The zero-order chi connectivity index (χ0) is 16.4.